The van der Waals surface area contributed by atoms with Gasteiger partial charge in [-0.25, -0.2) is 8.78 Å². The Morgan fingerprint density at radius 2 is 1.23 bits per heavy atom. The highest BCUT2D eigenvalue weighted by molar-refractivity contribution is 9.09. The van der Waals surface area contributed by atoms with Crippen molar-refractivity contribution in [3.05, 3.63) is 71.3 Å². The van der Waals surface area contributed by atoms with E-state index in [1.807, 2.05) is 0 Å². The van der Waals surface area contributed by atoms with Gasteiger partial charge in [0.25, 0.3) is 0 Å². The number of hydrogen-bond donors (Lipinski definition) is 1. The molecule has 2 aromatic carbocycles. The van der Waals surface area contributed by atoms with E-state index in [1.165, 1.54) is 12.1 Å². The minimum Gasteiger partial charge on any atom is -0.379 e. The molecule has 0 aromatic heterocycles. The fourth-order valence-electron chi connectivity index (χ4n) is 1.72. The molecule has 26 heavy (non-hydrogen) atoms. The van der Waals surface area contributed by atoms with Gasteiger partial charge >= 0.3 is 12.4 Å². The molecule has 0 bridgehead atoms. The summed E-state index contributed by atoms with van der Waals surface area (Å²) in [5.74, 6) is -1.48. The molecule has 436 valence electrons. The molecule has 0 aliphatic carbocycles. The van der Waals surface area contributed by atoms with E-state index >= 15 is 0 Å². The molecule has 0 spiro atoms. The minimum atomic E-state index is -4.76. The van der Waals surface area contributed by atoms with Gasteiger partial charge in [-0.05, 0) is 35.4 Å². The Labute approximate surface area is 600 Å². The topological polar surface area (TPSA) is 20.2 Å². The Hall–Kier alpha value is -1.68. The van der Waals surface area contributed by atoms with Gasteiger partial charge in [0.2, 0.25) is 0 Å². The lowest BCUT2D eigenvalue weighted by Crippen LogP contribution is -2.20. The Morgan fingerprint density at radius 1 is 0.808 bits per heavy atom. The maximum Gasteiger partial charge on any atom is 0.418 e. The summed E-state index contributed by atoms with van der Waals surface area (Å²) >= 11 is 2.45. The summed E-state index contributed by atoms with van der Waals surface area (Å²) in [6.07, 6.45) is -11.8. The number of aliphatic hydroxyl groups is 1. The predicted octanol–water partition coefficient (Wildman–Crippen LogP) is 42.2. The first-order valence-corrected chi connectivity index (χ1v) is 7.70. The van der Waals surface area contributed by atoms with Gasteiger partial charge in [-0.15, -0.1) is 0 Å². The number of benzene rings is 2. The number of aliphatic hydroxyl groups excluding tert-OH is 1. The third-order valence-corrected chi connectivity index (χ3v) is 3.95. The molecule has 0 saturated carbocycles. The summed E-state index contributed by atoms with van der Waals surface area (Å²) in [4.78, 5) is -1.81. The zero-order valence-corrected chi connectivity index (χ0v) is 14.2. The van der Waals surface area contributed by atoms with Crippen LogP contribution in [0.1, 0.15) is 454 Å². The molecule has 2 aromatic rings. The van der Waals surface area contributed by atoms with Crippen LogP contribution in [0.5, 0.6) is 0 Å². The summed E-state index contributed by atoms with van der Waals surface area (Å²) in [6, 6.07) is 8.19. The van der Waals surface area contributed by atoms with E-state index < -0.39 is 40.5 Å². The van der Waals surface area contributed by atoms with Gasteiger partial charge in [0.15, 0.2) is 6.10 Å². The largest absolute Gasteiger partial charge is 0.418 e. The molecule has 2 rings (SSSR count). The van der Waals surface area contributed by atoms with E-state index in [1.54, 1.807) is 0 Å². The van der Waals surface area contributed by atoms with Gasteiger partial charge in [0, 0.05) is 432 Å². The van der Waals surface area contributed by atoms with Crippen molar-refractivity contribution in [2.45, 2.75) is 23.3 Å². The predicted molar refractivity (Wildman–Crippen MR) is 390 cm³/mol. The van der Waals surface area contributed by atoms with Crippen LogP contribution in [0.4, 0.5) is 35.1 Å². The summed E-state index contributed by atoms with van der Waals surface area (Å²) in [5.41, 5.74) is -0.625. The van der Waals surface area contributed by atoms with Crippen molar-refractivity contribution in [2.75, 3.05) is 0 Å². The zero-order valence-electron chi connectivity index (χ0n) is 303. The monoisotopic (exact) mass is 1040 g/mol. The lowest BCUT2D eigenvalue weighted by molar-refractivity contribution is -0.206. The third kappa shape index (κ3) is 6.91. The maximum absolute atomic E-state index is 12.5. The van der Waals surface area contributed by atoms with E-state index in [0.717, 1.165) is 30.3 Å². The second-order valence-electron chi connectivity index (χ2n) is 4.96. The SMILES string of the molecule is Fc1cccc(C(Br)C(F)(F)F)c1.OC(c1cccc(F)c1)C(F)(F)F.[2HH].[2H][2H].[2H][2H].[2H][2H].[2H][2H].[2H][2H].[2H][2H].[2H][2H].[2H][2H].[2H][2H].[2H][2H].[2H][2H].[2H][2H].[2H][2H].[2H][2H].[2H][2H].[2H][2H].[2H][2H].[2H][2H].[2H][2H].[2H][2H].[2H][2H].[2H][2H].[2H][2H].[2H][2H].[2H][2H].[2H][2H].[2H][2H].[2H][2H].[2H][2H].[2H][2H].[2H][2H].[2H][2H].[2H][2H].[2H][2H].[2H][2H].[2H][2H].[2H][2H].[2H][2H].[2H][2H].[2H][2H].[2H][2H].[2H][2H].[2H][2H].[2H][2H].[2H][2H].[2H][2H].[2H][2H].[2H][2H].[2H][2H].[2H][2H].[2H][2H].[2H][2H].[2H][2H].[2H][2H].[2H][2H].[2H][2H].[2H][2H].[2H][2H].[2H][2H].[2H][2H].[2H][2H].[2H][2H].[2H][2H].[2H][2H].[2H][2H].[2H][2H].[2H][2H].[2H][2H].[2H][2H].[2H][2H].[2H][2H].[2H][2H].[2H][2H].[2H][2H].[2H][2H].[2H][2H].[2H][2H].[2H][2H].[2H][2H].[2H][2H].[2H][2H].[2H][2H].[2H][2H].[2H][2H].[2H][2H].[2H][2H].[2H][2H].[2H][2H].[2H][2H].[2H][2H].[2H][2H].[2H][2H].[2H][2H].[2H][2H].[2H][2H].[2H][2H].[2H][2H].[2H][2H].[2H][2H].[2H][2H].[2H][2H].[2H][2H].[2H][2H].[2H][2H].[2H][2H].[2H][2H].[2H][2H].[2H][2H].[2H][2H].[2H][2H].[2H][2H].[2H][2H].[2H][2H].[2H][2H].[2H][2H].[2H][2H].[2H][2H].[2H][2H].[2H][2H].[2H][2H].[2H][2H].[2H][2H].[2H][2H].[2H][2H].[2H][2H].[2H][2H].[2H][2H].[2H][2H].[2H][2H].[2H][2H].[2H][2H].[2H][2H].[2H][2H].[2H][2H].[2H][2H].[2H][2H].[2H][2H].[2H][2H].[2H][2H].[2H][2H].[2H][2H].[2H][2H].[2H][2H].[2H][2H].[2H][2H]. The van der Waals surface area contributed by atoms with Gasteiger partial charge in [0.05, 0.1) is 0 Å². The molecule has 10 heteroatoms. The van der Waals surface area contributed by atoms with E-state index in [-0.39, 0.29) is 6.99 Å². The standard InChI is InChI=1S/C8H5BrF4.C8H6F4O.146H2/c9-7(8(11,12)13)5-2-1-3-6(10)4-5;9-6-3-1-2-5(4-6)7(13)8(10,11)12;;;;;;;;;;;;;;;;;;;;;;;;;;;;;;;;;;;;;;;;;;;;;;;;;;;;;;;;;;;;;;;;;;;;;;;;;;;;;;;;;;;;;;;;;;;;;;;;;;;;;;;;;;;;;;;;;;;;;;;;;;;;;;;;;;;;;;;;;;;;;;;;;;/h1-4,7H;1-4,7,13H;146*1H/i;;145*1+1D;1+1. The zero-order chi connectivity index (χ0) is 310. The van der Waals surface area contributed by atoms with Crippen LogP contribution in [0.2, 0.25) is 0 Å². The number of rotatable bonds is 2. The maximum atomic E-state index is 12.5. The second kappa shape index (κ2) is 8.81. The molecular weight excluding hydrogens is 440 g/mol. The average Bonchev–Trinajstić information content (AvgIpc) is 0.850. The van der Waals surface area contributed by atoms with Crippen LogP contribution in [-0.2, 0) is 0 Å². The molecule has 2 atom stereocenters. The molecule has 0 radical (unpaired) electrons. The Balaban J connectivity index is -0.00000000648. The first-order chi connectivity index (χ1) is 157. The lowest BCUT2D eigenvalue weighted by Gasteiger charge is -2.14. The fourth-order valence-corrected chi connectivity index (χ4v) is 2.00. The smallest absolute Gasteiger partial charge is 0.379 e. The van der Waals surface area contributed by atoms with Crippen molar-refractivity contribution >= 4 is 15.9 Å². The van der Waals surface area contributed by atoms with E-state index in [9.17, 15) is 35.1 Å². The normalized spacial score (nSPS) is 58.8. The van der Waals surface area contributed by atoms with Crippen LogP contribution < -0.4 is 0 Å². The number of alkyl halides is 7. The molecule has 0 amide bonds. The van der Waals surface area contributed by atoms with Crippen LogP contribution in [0.3, 0.4) is 0 Å². The Kier molecular flexibility index (Phi) is 0.156. The average molecular weight is 1040 g/mol. The van der Waals surface area contributed by atoms with E-state index in [2.05, 4.69) is 15.9 Å². The molecule has 0 aliphatic rings. The molecule has 0 aliphatic heterocycles. The third-order valence-electron chi connectivity index (χ3n) is 2.90. The van der Waals surface area contributed by atoms with Crippen LogP contribution in [0.15, 0.2) is 48.5 Å². The highest BCUT2D eigenvalue weighted by atomic mass is 79.9. The summed E-state index contributed by atoms with van der Waals surface area (Å²) in [6.45, 7) is 0. The minimum absolute atomic E-state index is 0. The van der Waals surface area contributed by atoms with Crippen molar-refractivity contribution in [3.63, 3.8) is 0 Å². The highest BCUT2D eigenvalue weighted by Gasteiger charge is 2.39. The number of halogens is 9. The van der Waals surface area contributed by atoms with Gasteiger partial charge in [-0.3, -0.25) is 0 Å². The van der Waals surface area contributed by atoms with Crippen LogP contribution in [0.25, 0.3) is 0 Å². The molecular formula is C16H303BrF8O. The van der Waals surface area contributed by atoms with Gasteiger partial charge in [0.1, 0.15) is 16.5 Å². The second-order valence-corrected chi connectivity index (χ2v) is 5.87. The summed E-state index contributed by atoms with van der Waals surface area (Å²) < 4.78 is 1550. The van der Waals surface area contributed by atoms with E-state index in [0.29, 0.717) is 6.07 Å². The Bertz CT molecular complexity index is 782. The molecule has 0 heterocycles. The van der Waals surface area contributed by atoms with Crippen LogP contribution in [0, 0.1) is 11.6 Å². The van der Waals surface area contributed by atoms with Crippen LogP contribution in [-0.4, -0.2) is 17.5 Å². The summed E-state index contributed by atoms with van der Waals surface area (Å²) in [7, 11) is 0. The van der Waals surface area contributed by atoms with Crippen molar-refractivity contribution in [1.82, 2.24) is 0 Å². The van der Waals surface area contributed by atoms with Crippen LogP contribution >= 0.6 is 15.9 Å². The van der Waals surface area contributed by atoms with Crippen molar-refractivity contribution in [2.24, 2.45) is 0 Å². The van der Waals surface area contributed by atoms with E-state index in [4.69, 9.17) is 436 Å². The van der Waals surface area contributed by atoms with Gasteiger partial charge in [-0.1, -0.05) is 40.2 Å². The van der Waals surface area contributed by atoms with Crippen molar-refractivity contribution < 1.29 is 472 Å². The summed E-state index contributed by atoms with van der Waals surface area (Å²) in [5, 5.41) is 8.69. The first-order valence-electron chi connectivity index (χ1n) is 152. The van der Waals surface area contributed by atoms with Crippen molar-refractivity contribution in [3.8, 4) is 0 Å². The van der Waals surface area contributed by atoms with Crippen molar-refractivity contribution in [1.29, 1.82) is 0 Å². The fraction of sp³-hybridized carbons (Fsp3) is 0.250. The molecule has 0 saturated heterocycles. The van der Waals surface area contributed by atoms with Gasteiger partial charge < -0.3 is 5.11 Å². The number of hydrogen-bond acceptors (Lipinski definition) is 1. The lowest BCUT2D eigenvalue weighted by atomic mass is 10.1. The highest BCUT2D eigenvalue weighted by Crippen LogP contribution is 2.39. The quantitative estimate of drug-likeness (QED) is 0.235. The molecule has 1 nitrogen and oxygen atoms in total. The van der Waals surface area contributed by atoms with Gasteiger partial charge in [-0.2, -0.15) is 26.3 Å². The molecule has 0 fully saturated rings. The molecule has 2 unspecified atom stereocenters. The molecule has 1 N–H and O–H groups in total. The first kappa shape index (κ1) is 0.461. The Morgan fingerprint density at radius 3 is 1.62 bits per heavy atom.